The Morgan fingerprint density at radius 1 is 1.07 bits per heavy atom. The quantitative estimate of drug-likeness (QED) is 0.811. The molecule has 0 aromatic heterocycles. The predicted molar refractivity (Wildman–Crippen MR) is 103 cm³/mol. The van der Waals surface area contributed by atoms with Crippen molar-refractivity contribution in [3.8, 4) is 29.7 Å². The molecule has 1 N–H and O–H groups in total. The van der Waals surface area contributed by atoms with Gasteiger partial charge in [-0.25, -0.2) is 0 Å². The Balaban J connectivity index is 2.03. The van der Waals surface area contributed by atoms with E-state index in [0.29, 0.717) is 29.9 Å². The van der Waals surface area contributed by atoms with Crippen molar-refractivity contribution in [3.05, 3.63) is 23.8 Å². The second kappa shape index (κ2) is 6.90. The molecule has 154 valence electrons. The highest BCUT2D eigenvalue weighted by Gasteiger charge is 2.80. The van der Waals surface area contributed by atoms with Crippen LogP contribution in [0.2, 0.25) is 0 Å². The molecule has 8 heteroatoms. The first kappa shape index (κ1) is 20.0. The van der Waals surface area contributed by atoms with Crippen molar-refractivity contribution in [2.75, 3.05) is 14.2 Å². The van der Waals surface area contributed by atoms with Gasteiger partial charge in [-0.05, 0) is 18.9 Å². The monoisotopic (exact) mass is 406 g/mol. The molecule has 1 aromatic carbocycles. The Bertz CT molecular complexity index is 1010. The van der Waals surface area contributed by atoms with E-state index in [2.05, 4.69) is 18.2 Å². The Morgan fingerprint density at radius 2 is 1.83 bits per heavy atom. The zero-order valence-electron chi connectivity index (χ0n) is 16.9. The van der Waals surface area contributed by atoms with Gasteiger partial charge in [-0.3, -0.25) is 5.41 Å². The summed E-state index contributed by atoms with van der Waals surface area (Å²) in [6.07, 6.45) is 2.42. The molecule has 30 heavy (non-hydrogen) atoms. The van der Waals surface area contributed by atoms with Crippen LogP contribution in [-0.4, -0.2) is 25.9 Å². The van der Waals surface area contributed by atoms with Crippen LogP contribution in [0.3, 0.4) is 0 Å². The van der Waals surface area contributed by atoms with E-state index in [1.165, 1.54) is 14.2 Å². The Labute approximate surface area is 175 Å². The molecule has 8 nitrogen and oxygen atoms in total. The summed E-state index contributed by atoms with van der Waals surface area (Å²) in [5.41, 5.74) is -3.31. The third-order valence-corrected chi connectivity index (χ3v) is 6.78. The lowest BCUT2D eigenvalue weighted by Gasteiger charge is -2.49. The first-order valence-corrected chi connectivity index (χ1v) is 9.90. The number of ether oxygens (including phenoxy) is 4. The Morgan fingerprint density at radius 3 is 2.47 bits per heavy atom. The number of nitriles is 3. The van der Waals surface area contributed by atoms with E-state index < -0.39 is 28.6 Å². The normalized spacial score (nSPS) is 33.6. The summed E-state index contributed by atoms with van der Waals surface area (Å²) in [6.45, 7) is 0. The lowest BCUT2D eigenvalue weighted by atomic mass is 9.52. The maximum atomic E-state index is 10.4. The zero-order valence-corrected chi connectivity index (χ0v) is 16.9. The smallest absolute Gasteiger partial charge is 0.217 e. The topological polar surface area (TPSA) is 132 Å². The number of nitrogens with zero attached hydrogens (tertiary/aromatic N) is 3. The molecular weight excluding hydrogens is 384 g/mol. The highest BCUT2D eigenvalue weighted by atomic mass is 16.7. The number of para-hydroxylation sites is 1. The summed E-state index contributed by atoms with van der Waals surface area (Å²) in [4.78, 5) is 0. The summed E-state index contributed by atoms with van der Waals surface area (Å²) in [7, 11) is 2.95. The first-order chi connectivity index (χ1) is 14.5. The van der Waals surface area contributed by atoms with Crippen LogP contribution < -0.4 is 9.47 Å². The van der Waals surface area contributed by atoms with Crippen molar-refractivity contribution >= 4 is 5.90 Å². The third kappa shape index (κ3) is 2.19. The SMILES string of the molecule is COc1cccc(C2OC34CCCCCC3C(C#N)(C(=N)O4)C2(C#N)C#N)c1OC. The zero-order chi connectivity index (χ0) is 21.6. The molecule has 2 saturated heterocycles. The molecular formula is C22H22N4O4. The largest absolute Gasteiger partial charge is 0.493 e. The van der Waals surface area contributed by atoms with E-state index in [1.807, 2.05) is 0 Å². The summed E-state index contributed by atoms with van der Waals surface area (Å²) in [5, 5.41) is 39.6. The minimum atomic E-state index is -1.99. The van der Waals surface area contributed by atoms with Crippen molar-refractivity contribution in [1.82, 2.24) is 0 Å². The molecule has 2 heterocycles. The minimum Gasteiger partial charge on any atom is -0.493 e. The van der Waals surface area contributed by atoms with Gasteiger partial charge in [0, 0.05) is 12.0 Å². The number of benzene rings is 1. The summed E-state index contributed by atoms with van der Waals surface area (Å²) >= 11 is 0. The molecule has 1 saturated carbocycles. The van der Waals surface area contributed by atoms with Crippen molar-refractivity contribution in [2.45, 2.75) is 44.0 Å². The lowest BCUT2D eigenvalue weighted by molar-refractivity contribution is -0.285. The van der Waals surface area contributed by atoms with E-state index >= 15 is 0 Å². The van der Waals surface area contributed by atoms with Gasteiger partial charge in [-0.15, -0.1) is 0 Å². The first-order valence-electron chi connectivity index (χ1n) is 9.90. The molecule has 4 atom stereocenters. The Hall–Kier alpha value is -3.28. The van der Waals surface area contributed by atoms with Gasteiger partial charge < -0.3 is 18.9 Å². The average molecular weight is 406 g/mol. The highest BCUT2D eigenvalue weighted by Crippen LogP contribution is 2.69. The number of hydrogen-bond donors (Lipinski definition) is 1. The van der Waals surface area contributed by atoms with Crippen LogP contribution in [0.4, 0.5) is 0 Å². The van der Waals surface area contributed by atoms with E-state index in [0.717, 1.165) is 19.3 Å². The van der Waals surface area contributed by atoms with Gasteiger partial charge in [0.25, 0.3) is 0 Å². The second-order valence-electron chi connectivity index (χ2n) is 7.93. The van der Waals surface area contributed by atoms with Gasteiger partial charge in [-0.1, -0.05) is 25.0 Å². The molecule has 1 aromatic rings. The third-order valence-electron chi connectivity index (χ3n) is 6.78. The van der Waals surface area contributed by atoms with Crippen LogP contribution in [0.1, 0.15) is 43.8 Å². The molecule has 2 aliphatic heterocycles. The number of hydrogen-bond acceptors (Lipinski definition) is 8. The van der Waals surface area contributed by atoms with E-state index in [4.69, 9.17) is 24.4 Å². The molecule has 3 aliphatic rings. The van der Waals surface area contributed by atoms with Crippen molar-refractivity contribution in [1.29, 1.82) is 21.2 Å². The molecule has 0 amide bonds. The number of methoxy groups -OCH3 is 2. The van der Waals surface area contributed by atoms with Gasteiger partial charge in [0.2, 0.25) is 17.1 Å². The fourth-order valence-corrected chi connectivity index (χ4v) is 5.44. The van der Waals surface area contributed by atoms with Crippen LogP contribution in [-0.2, 0) is 9.47 Å². The van der Waals surface area contributed by atoms with Crippen LogP contribution >= 0.6 is 0 Å². The lowest BCUT2D eigenvalue weighted by Crippen LogP contribution is -2.59. The van der Waals surface area contributed by atoms with Crippen LogP contribution in [0.5, 0.6) is 11.5 Å². The van der Waals surface area contributed by atoms with Crippen molar-refractivity contribution in [3.63, 3.8) is 0 Å². The van der Waals surface area contributed by atoms with Gasteiger partial charge in [0.1, 0.15) is 6.10 Å². The molecule has 3 fully saturated rings. The minimum absolute atomic E-state index is 0.322. The second-order valence-corrected chi connectivity index (χ2v) is 7.93. The van der Waals surface area contributed by atoms with Crippen LogP contribution in [0, 0.1) is 56.2 Å². The predicted octanol–water partition coefficient (Wildman–Crippen LogP) is 3.60. The maximum absolute atomic E-state index is 10.4. The summed E-state index contributed by atoms with van der Waals surface area (Å²) in [6, 6.07) is 11.5. The molecule has 2 bridgehead atoms. The number of nitrogens with one attached hydrogen (secondary N) is 1. The molecule has 1 aliphatic carbocycles. The van der Waals surface area contributed by atoms with Crippen LogP contribution in [0.25, 0.3) is 0 Å². The molecule has 0 radical (unpaired) electrons. The fraction of sp³-hybridized carbons (Fsp3) is 0.545. The standard InChI is InChI=1S/C22H22N4O4/c1-27-15-8-6-7-14(17(15)28-2)18-20(11-23,12-24)21(13-25)16-9-4-3-5-10-22(16,29-18)30-19(21)26/h6-8,16,18,26H,3-5,9-10H2,1-2H3. The Kier molecular flexibility index (Phi) is 4.60. The van der Waals surface area contributed by atoms with Crippen molar-refractivity contribution < 1.29 is 18.9 Å². The van der Waals surface area contributed by atoms with Crippen LogP contribution in [0.15, 0.2) is 18.2 Å². The fourth-order valence-electron chi connectivity index (χ4n) is 5.44. The number of rotatable bonds is 3. The van der Waals surface area contributed by atoms with Gasteiger partial charge >= 0.3 is 0 Å². The van der Waals surface area contributed by atoms with Gasteiger partial charge in [-0.2, -0.15) is 15.8 Å². The molecule has 4 unspecified atom stereocenters. The summed E-state index contributed by atoms with van der Waals surface area (Å²) < 4.78 is 23.4. The van der Waals surface area contributed by atoms with E-state index in [9.17, 15) is 15.8 Å². The highest BCUT2D eigenvalue weighted by molar-refractivity contribution is 5.89. The average Bonchev–Trinajstić information content (AvgIpc) is 2.90. The molecule has 0 spiro atoms. The van der Waals surface area contributed by atoms with E-state index in [1.54, 1.807) is 18.2 Å². The molecule has 4 rings (SSSR count). The van der Waals surface area contributed by atoms with Gasteiger partial charge in [0.05, 0.1) is 38.3 Å². The van der Waals surface area contributed by atoms with Crippen molar-refractivity contribution in [2.24, 2.45) is 16.7 Å². The van der Waals surface area contributed by atoms with E-state index in [-0.39, 0.29) is 5.90 Å². The summed E-state index contributed by atoms with van der Waals surface area (Å²) in [5.74, 6) is -1.42. The van der Waals surface area contributed by atoms with Gasteiger partial charge in [0.15, 0.2) is 16.9 Å². The maximum Gasteiger partial charge on any atom is 0.217 e.